The number of hydrogen-bond donors (Lipinski definition) is 0. The third-order valence-corrected chi connectivity index (χ3v) is 7.61. The molecule has 1 aliphatic rings. The normalized spacial score (nSPS) is 12.2. The van der Waals surface area contributed by atoms with E-state index < -0.39 is 0 Å². The van der Waals surface area contributed by atoms with Crippen LogP contribution < -0.4 is 9.64 Å². The molecule has 6 aromatic rings. The van der Waals surface area contributed by atoms with Gasteiger partial charge in [0.15, 0.2) is 0 Å². The summed E-state index contributed by atoms with van der Waals surface area (Å²) >= 11 is 0. The number of hydrogen-bond acceptors (Lipinski definition) is 4. The molecule has 0 saturated carbocycles. The summed E-state index contributed by atoms with van der Waals surface area (Å²) in [7, 11) is 0. The van der Waals surface area contributed by atoms with Gasteiger partial charge in [-0.2, -0.15) is 0 Å². The average molecular weight is 553 g/mol. The maximum absolute atomic E-state index is 15.0. The van der Waals surface area contributed by atoms with E-state index in [0.717, 1.165) is 44.9 Å². The van der Waals surface area contributed by atoms with E-state index >= 15 is 0 Å². The van der Waals surface area contributed by atoms with E-state index in [1.54, 1.807) is 18.6 Å². The fourth-order valence-corrected chi connectivity index (χ4v) is 5.50. The van der Waals surface area contributed by atoms with Crippen molar-refractivity contribution in [3.63, 3.8) is 0 Å². The van der Waals surface area contributed by atoms with Crippen LogP contribution in [0.2, 0.25) is 0 Å². The Balaban J connectivity index is 1.43. The molecule has 0 unspecified atom stereocenters. The molecule has 0 N–H and O–H groups in total. The Labute approximate surface area is 244 Å². The quantitative estimate of drug-likeness (QED) is 0.218. The van der Waals surface area contributed by atoms with Crippen LogP contribution in [-0.2, 0) is 5.41 Å². The Kier molecular flexibility index (Phi) is 6.12. The van der Waals surface area contributed by atoms with Gasteiger partial charge in [0, 0.05) is 41.9 Å². The monoisotopic (exact) mass is 552 g/mol. The van der Waals surface area contributed by atoms with Crippen LogP contribution in [0.3, 0.4) is 0 Å². The number of benzene rings is 4. The Morgan fingerprint density at radius 1 is 0.690 bits per heavy atom. The molecule has 0 radical (unpaired) electrons. The average Bonchev–Trinajstić information content (AvgIpc) is 3.50. The lowest BCUT2D eigenvalue weighted by Crippen LogP contribution is -2.16. The van der Waals surface area contributed by atoms with Crippen LogP contribution in [-0.4, -0.2) is 14.5 Å². The molecule has 206 valence electrons. The second kappa shape index (κ2) is 10.00. The molecule has 5 nitrogen and oxygen atoms in total. The van der Waals surface area contributed by atoms with Gasteiger partial charge >= 0.3 is 0 Å². The molecule has 0 aliphatic carbocycles. The van der Waals surface area contributed by atoms with E-state index in [4.69, 9.17) is 9.72 Å². The van der Waals surface area contributed by atoms with Gasteiger partial charge in [-0.05, 0) is 76.7 Å². The second-order valence-electron chi connectivity index (χ2n) is 11.4. The highest BCUT2D eigenvalue weighted by Crippen LogP contribution is 2.51. The molecule has 0 saturated heterocycles. The fourth-order valence-electron chi connectivity index (χ4n) is 5.50. The summed E-state index contributed by atoms with van der Waals surface area (Å²) in [6.07, 6.45) is 7.22. The number of imidazole rings is 1. The highest BCUT2D eigenvalue weighted by Gasteiger charge is 2.28. The van der Waals surface area contributed by atoms with Crippen molar-refractivity contribution in [3.8, 4) is 39.4 Å². The van der Waals surface area contributed by atoms with Gasteiger partial charge in [-0.1, -0.05) is 51.1 Å². The summed E-state index contributed by atoms with van der Waals surface area (Å²) in [5.41, 5.74) is 7.60. The van der Waals surface area contributed by atoms with Crippen LogP contribution in [0.15, 0.2) is 122 Å². The lowest BCUT2D eigenvalue weighted by Gasteiger charge is -2.28. The second-order valence-corrected chi connectivity index (χ2v) is 11.4. The van der Waals surface area contributed by atoms with Crippen LogP contribution in [0.25, 0.3) is 27.9 Å². The van der Waals surface area contributed by atoms with Gasteiger partial charge in [-0.25, -0.2) is 14.4 Å². The van der Waals surface area contributed by atoms with Crippen LogP contribution in [0.4, 0.5) is 21.6 Å². The fraction of sp³-hybridized carbons (Fsp3) is 0.111. The minimum absolute atomic E-state index is 0.0919. The Bertz CT molecular complexity index is 1920. The van der Waals surface area contributed by atoms with Crippen molar-refractivity contribution >= 4 is 17.2 Å². The van der Waals surface area contributed by atoms with Crippen LogP contribution in [0.1, 0.15) is 26.3 Å². The molecule has 0 fully saturated rings. The standard InChI is InChI=1S/C36H29FN4O/c1-36(2,3)24-15-16-39-35(19-24)41-33-20-25(37)11-13-31(33)29-9-4-5-10-30(29)32-14-12-28(22-34(32)41)42-27-8-6-7-26(21-27)40-18-17-38-23-40/h4-23H,1-3H3. The largest absolute Gasteiger partial charge is 0.457 e. The van der Waals surface area contributed by atoms with E-state index in [0.29, 0.717) is 17.3 Å². The third-order valence-electron chi connectivity index (χ3n) is 7.61. The number of rotatable bonds is 4. The number of fused-ring (bicyclic) bond motifs is 5. The lowest BCUT2D eigenvalue weighted by atomic mass is 9.87. The van der Waals surface area contributed by atoms with Crippen molar-refractivity contribution in [2.45, 2.75) is 26.2 Å². The first-order valence-electron chi connectivity index (χ1n) is 13.9. The highest BCUT2D eigenvalue weighted by molar-refractivity contribution is 6.02. The van der Waals surface area contributed by atoms with Gasteiger partial charge in [-0.15, -0.1) is 0 Å². The maximum Gasteiger partial charge on any atom is 0.137 e. The Morgan fingerprint density at radius 3 is 2.17 bits per heavy atom. The molecular weight excluding hydrogens is 523 g/mol. The Morgan fingerprint density at radius 2 is 1.43 bits per heavy atom. The van der Waals surface area contributed by atoms with Gasteiger partial charge < -0.3 is 9.30 Å². The zero-order valence-corrected chi connectivity index (χ0v) is 23.6. The smallest absolute Gasteiger partial charge is 0.137 e. The zero-order chi connectivity index (χ0) is 28.8. The van der Waals surface area contributed by atoms with Gasteiger partial charge in [-0.3, -0.25) is 4.90 Å². The van der Waals surface area contributed by atoms with E-state index in [2.05, 4.69) is 54.9 Å². The summed E-state index contributed by atoms with van der Waals surface area (Å²) < 4.78 is 23.3. The summed E-state index contributed by atoms with van der Waals surface area (Å²) in [5.74, 6) is 1.75. The minimum Gasteiger partial charge on any atom is -0.457 e. The van der Waals surface area contributed by atoms with E-state index in [1.807, 2.05) is 77.6 Å². The van der Waals surface area contributed by atoms with Gasteiger partial charge in [0.1, 0.15) is 23.1 Å². The maximum atomic E-state index is 15.0. The molecule has 3 heterocycles. The number of anilines is 3. The number of pyridine rings is 1. The number of aromatic nitrogens is 3. The van der Waals surface area contributed by atoms with Crippen molar-refractivity contribution in [2.75, 3.05) is 4.90 Å². The molecule has 4 aromatic carbocycles. The van der Waals surface area contributed by atoms with Crippen LogP contribution in [0.5, 0.6) is 11.5 Å². The zero-order valence-electron chi connectivity index (χ0n) is 23.6. The highest BCUT2D eigenvalue weighted by atomic mass is 19.1. The van der Waals surface area contributed by atoms with Gasteiger partial charge in [0.25, 0.3) is 0 Å². The molecule has 0 amide bonds. The SMILES string of the molecule is CC(C)(C)c1ccnc(N2c3cc(F)ccc3-c3ccccc3-c3ccc(Oc4cccc(-n5ccnc5)c4)cc32)c1. The van der Waals surface area contributed by atoms with Gasteiger partial charge in [0.05, 0.1) is 23.4 Å². The first-order valence-corrected chi connectivity index (χ1v) is 13.9. The predicted octanol–water partition coefficient (Wildman–Crippen LogP) is 9.61. The first kappa shape index (κ1) is 25.7. The summed E-state index contributed by atoms with van der Waals surface area (Å²) in [5, 5.41) is 0. The number of ether oxygens (including phenoxy) is 1. The minimum atomic E-state index is -0.310. The number of nitrogens with zero attached hydrogens (tertiary/aromatic N) is 4. The third kappa shape index (κ3) is 4.61. The Hall–Kier alpha value is -5.23. The van der Waals surface area contributed by atoms with Crippen LogP contribution in [0, 0.1) is 5.82 Å². The summed E-state index contributed by atoms with van der Waals surface area (Å²) in [4.78, 5) is 11.0. The van der Waals surface area contributed by atoms with Crippen molar-refractivity contribution in [1.82, 2.24) is 14.5 Å². The number of halogens is 1. The van der Waals surface area contributed by atoms with E-state index in [1.165, 1.54) is 6.07 Å². The molecule has 42 heavy (non-hydrogen) atoms. The predicted molar refractivity (Wildman–Crippen MR) is 166 cm³/mol. The summed E-state index contributed by atoms with van der Waals surface area (Å²) in [6.45, 7) is 6.53. The van der Waals surface area contributed by atoms with E-state index in [9.17, 15) is 4.39 Å². The molecule has 6 heteroatoms. The molecule has 0 bridgehead atoms. The summed E-state index contributed by atoms with van der Waals surface area (Å²) in [6, 6.07) is 31.3. The molecule has 1 aliphatic heterocycles. The first-order chi connectivity index (χ1) is 20.3. The van der Waals surface area contributed by atoms with Crippen molar-refractivity contribution < 1.29 is 9.13 Å². The van der Waals surface area contributed by atoms with E-state index in [-0.39, 0.29) is 11.2 Å². The molecule has 0 atom stereocenters. The topological polar surface area (TPSA) is 43.2 Å². The molecule has 0 spiro atoms. The van der Waals surface area contributed by atoms with Crippen molar-refractivity contribution in [3.05, 3.63) is 133 Å². The molecule has 7 rings (SSSR count). The van der Waals surface area contributed by atoms with Crippen LogP contribution >= 0.6 is 0 Å². The lowest BCUT2D eigenvalue weighted by molar-refractivity contribution is 0.482. The van der Waals surface area contributed by atoms with Crippen molar-refractivity contribution in [1.29, 1.82) is 0 Å². The van der Waals surface area contributed by atoms with Gasteiger partial charge in [0.2, 0.25) is 0 Å². The molecule has 2 aromatic heterocycles. The van der Waals surface area contributed by atoms with Crippen molar-refractivity contribution in [2.24, 2.45) is 0 Å². The molecular formula is C36H29FN4O.